The quantitative estimate of drug-likeness (QED) is 0.843. The molecular formula is C13H18N2O3S2. The van der Waals surface area contributed by atoms with Gasteiger partial charge in [-0.3, -0.25) is 9.59 Å². The third-order valence-electron chi connectivity index (χ3n) is 3.19. The molecular weight excluding hydrogens is 296 g/mol. The fourth-order valence-electron chi connectivity index (χ4n) is 2.22. The van der Waals surface area contributed by atoms with Crippen molar-refractivity contribution in [3.8, 4) is 0 Å². The lowest BCUT2D eigenvalue weighted by Gasteiger charge is -2.30. The molecule has 110 valence electrons. The molecule has 1 saturated heterocycles. The molecule has 1 aliphatic heterocycles. The maximum Gasteiger partial charge on any atom is 0.309 e. The number of carbonyl (C=O) groups excluding carboxylic acids is 1. The van der Waals surface area contributed by atoms with Gasteiger partial charge in [-0.2, -0.15) is 0 Å². The van der Waals surface area contributed by atoms with E-state index in [0.29, 0.717) is 17.4 Å². The first kappa shape index (κ1) is 15.3. The molecule has 2 rings (SSSR count). The van der Waals surface area contributed by atoms with E-state index in [0.717, 1.165) is 23.8 Å². The van der Waals surface area contributed by atoms with Crippen molar-refractivity contribution in [3.63, 3.8) is 0 Å². The van der Waals surface area contributed by atoms with E-state index < -0.39 is 5.97 Å². The lowest BCUT2D eigenvalue weighted by atomic mass is 10.0. The lowest BCUT2D eigenvalue weighted by Crippen LogP contribution is -2.40. The van der Waals surface area contributed by atoms with Crippen LogP contribution in [-0.4, -0.2) is 45.7 Å². The van der Waals surface area contributed by atoms with Crippen LogP contribution in [-0.2, 0) is 16.0 Å². The molecule has 1 N–H and O–H groups in total. The van der Waals surface area contributed by atoms with Gasteiger partial charge in [-0.25, -0.2) is 4.98 Å². The summed E-state index contributed by atoms with van der Waals surface area (Å²) in [7, 11) is 0. The van der Waals surface area contributed by atoms with Crippen LogP contribution in [0.3, 0.4) is 0 Å². The van der Waals surface area contributed by atoms with E-state index in [-0.39, 0.29) is 12.3 Å². The first-order valence-corrected chi connectivity index (χ1v) is 8.48. The Morgan fingerprint density at radius 2 is 2.40 bits per heavy atom. The van der Waals surface area contributed by atoms with E-state index in [1.807, 2.05) is 4.90 Å². The Balaban J connectivity index is 1.80. The van der Waals surface area contributed by atoms with Crippen molar-refractivity contribution in [2.24, 2.45) is 5.92 Å². The Labute approximate surface area is 126 Å². The highest BCUT2D eigenvalue weighted by Crippen LogP contribution is 2.24. The predicted molar refractivity (Wildman–Crippen MR) is 79.2 cm³/mol. The highest BCUT2D eigenvalue weighted by molar-refractivity contribution is 8.01. The minimum absolute atomic E-state index is 0.0609. The number of thiazole rings is 1. The molecule has 1 atom stereocenters. The number of hydrogen-bond donors (Lipinski definition) is 1. The van der Waals surface area contributed by atoms with E-state index in [9.17, 15) is 9.59 Å². The standard InChI is InChI=1S/C13H18N2O3S2/c1-9-3-2-4-15(6-9)11(16)8-20-13-14-10(7-19-13)5-12(17)18/h7,9H,2-6,8H2,1H3,(H,17,18). The molecule has 0 radical (unpaired) electrons. The van der Waals surface area contributed by atoms with Crippen LogP contribution in [0, 0.1) is 5.92 Å². The van der Waals surface area contributed by atoms with Crippen molar-refractivity contribution in [2.45, 2.75) is 30.5 Å². The van der Waals surface area contributed by atoms with Crippen LogP contribution in [0.25, 0.3) is 0 Å². The summed E-state index contributed by atoms with van der Waals surface area (Å²) in [5, 5.41) is 10.4. The first-order chi connectivity index (χ1) is 9.54. The van der Waals surface area contributed by atoms with E-state index in [1.54, 1.807) is 5.38 Å². The summed E-state index contributed by atoms with van der Waals surface area (Å²) in [6.45, 7) is 3.87. The predicted octanol–water partition coefficient (Wildman–Crippen LogP) is 2.12. The van der Waals surface area contributed by atoms with Crippen molar-refractivity contribution in [3.05, 3.63) is 11.1 Å². The van der Waals surface area contributed by atoms with Crippen molar-refractivity contribution in [1.82, 2.24) is 9.88 Å². The summed E-state index contributed by atoms with van der Waals surface area (Å²) in [6.07, 6.45) is 2.22. The molecule has 20 heavy (non-hydrogen) atoms. The van der Waals surface area contributed by atoms with Crippen molar-refractivity contribution in [2.75, 3.05) is 18.8 Å². The smallest absolute Gasteiger partial charge is 0.309 e. The van der Waals surface area contributed by atoms with Crippen LogP contribution in [0.1, 0.15) is 25.5 Å². The number of hydrogen-bond acceptors (Lipinski definition) is 5. The maximum atomic E-state index is 12.1. The molecule has 1 aliphatic rings. The molecule has 0 spiro atoms. The highest BCUT2D eigenvalue weighted by Gasteiger charge is 2.21. The number of carboxylic acid groups (broad SMARTS) is 1. The van der Waals surface area contributed by atoms with Gasteiger partial charge in [0.15, 0.2) is 4.34 Å². The molecule has 5 nitrogen and oxygen atoms in total. The van der Waals surface area contributed by atoms with Crippen LogP contribution in [0.2, 0.25) is 0 Å². The number of aliphatic carboxylic acids is 1. The molecule has 1 amide bonds. The van der Waals surface area contributed by atoms with Crippen LogP contribution in [0.4, 0.5) is 0 Å². The van der Waals surface area contributed by atoms with Gasteiger partial charge in [0.2, 0.25) is 5.91 Å². The Morgan fingerprint density at radius 1 is 1.60 bits per heavy atom. The molecule has 7 heteroatoms. The Kier molecular flexibility index (Phi) is 5.42. The van der Waals surface area contributed by atoms with Gasteiger partial charge >= 0.3 is 5.97 Å². The zero-order valence-electron chi connectivity index (χ0n) is 11.4. The summed E-state index contributed by atoms with van der Waals surface area (Å²) >= 11 is 2.79. The van der Waals surface area contributed by atoms with Crippen LogP contribution in [0.15, 0.2) is 9.72 Å². The topological polar surface area (TPSA) is 70.5 Å². The zero-order valence-corrected chi connectivity index (χ0v) is 13.0. The van der Waals surface area contributed by atoms with Gasteiger partial charge in [0.05, 0.1) is 17.9 Å². The number of carboxylic acids is 1. The molecule has 0 aliphatic carbocycles. The second-order valence-electron chi connectivity index (χ2n) is 5.05. The fourth-order valence-corrected chi connectivity index (χ4v) is 3.97. The molecule has 1 fully saturated rings. The summed E-state index contributed by atoms with van der Waals surface area (Å²) in [6, 6.07) is 0. The van der Waals surface area contributed by atoms with Gasteiger partial charge in [0.25, 0.3) is 0 Å². The molecule has 1 unspecified atom stereocenters. The number of thioether (sulfide) groups is 1. The third kappa shape index (κ3) is 4.49. The van der Waals surface area contributed by atoms with Gasteiger partial charge in [-0.15, -0.1) is 11.3 Å². The van der Waals surface area contributed by atoms with Gasteiger partial charge < -0.3 is 10.0 Å². The molecule has 0 bridgehead atoms. The van der Waals surface area contributed by atoms with Crippen LogP contribution < -0.4 is 0 Å². The average molecular weight is 314 g/mol. The Bertz CT molecular complexity index is 490. The molecule has 1 aromatic heterocycles. The Morgan fingerprint density at radius 3 is 3.10 bits per heavy atom. The zero-order chi connectivity index (χ0) is 14.5. The summed E-state index contributed by atoms with van der Waals surface area (Å²) in [5.74, 6) is 0.230. The second kappa shape index (κ2) is 7.08. The number of amides is 1. The number of likely N-dealkylation sites (tertiary alicyclic amines) is 1. The van der Waals surface area contributed by atoms with E-state index in [1.165, 1.54) is 29.5 Å². The summed E-state index contributed by atoms with van der Waals surface area (Å²) < 4.78 is 0.764. The number of aromatic nitrogens is 1. The number of rotatable bonds is 5. The van der Waals surface area contributed by atoms with Gasteiger partial charge in [-0.05, 0) is 18.8 Å². The minimum atomic E-state index is -0.884. The monoisotopic (exact) mass is 314 g/mol. The van der Waals surface area contributed by atoms with Gasteiger partial charge in [-0.1, -0.05) is 18.7 Å². The van der Waals surface area contributed by atoms with Crippen LogP contribution >= 0.6 is 23.1 Å². The summed E-state index contributed by atoms with van der Waals surface area (Å²) in [5.41, 5.74) is 0.559. The third-order valence-corrected chi connectivity index (χ3v) is 5.25. The van der Waals surface area contributed by atoms with Crippen molar-refractivity contribution in [1.29, 1.82) is 0 Å². The molecule has 2 heterocycles. The van der Waals surface area contributed by atoms with Gasteiger partial charge in [0.1, 0.15) is 0 Å². The minimum Gasteiger partial charge on any atom is -0.481 e. The van der Waals surface area contributed by atoms with E-state index in [2.05, 4.69) is 11.9 Å². The number of piperidine rings is 1. The summed E-state index contributed by atoms with van der Waals surface area (Å²) in [4.78, 5) is 28.8. The fraction of sp³-hybridized carbons (Fsp3) is 0.615. The molecule has 0 aromatic carbocycles. The second-order valence-corrected chi connectivity index (χ2v) is 7.13. The van der Waals surface area contributed by atoms with Gasteiger partial charge in [0, 0.05) is 18.5 Å². The SMILES string of the molecule is CC1CCCN(C(=O)CSc2nc(CC(=O)O)cs2)C1. The highest BCUT2D eigenvalue weighted by atomic mass is 32.2. The maximum absolute atomic E-state index is 12.1. The van der Waals surface area contributed by atoms with E-state index >= 15 is 0 Å². The van der Waals surface area contributed by atoms with Crippen molar-refractivity contribution >= 4 is 35.0 Å². The lowest BCUT2D eigenvalue weighted by molar-refractivity contribution is -0.136. The number of nitrogens with zero attached hydrogens (tertiary/aromatic N) is 2. The normalized spacial score (nSPS) is 19.1. The Hall–Kier alpha value is -1.08. The number of carbonyl (C=O) groups is 2. The van der Waals surface area contributed by atoms with Crippen LogP contribution in [0.5, 0.6) is 0 Å². The molecule has 1 aromatic rings. The van der Waals surface area contributed by atoms with Crippen molar-refractivity contribution < 1.29 is 14.7 Å². The molecule has 0 saturated carbocycles. The average Bonchev–Trinajstić information content (AvgIpc) is 2.82. The first-order valence-electron chi connectivity index (χ1n) is 6.61. The van der Waals surface area contributed by atoms with E-state index in [4.69, 9.17) is 5.11 Å². The largest absolute Gasteiger partial charge is 0.481 e.